The summed E-state index contributed by atoms with van der Waals surface area (Å²) in [6.07, 6.45) is 2.10. The van der Waals surface area contributed by atoms with Crippen LogP contribution in [-0.4, -0.2) is 38.0 Å². The molecule has 2 aromatic carbocycles. The molecule has 2 aromatic rings. The molecular weight excluding hydrogens is 429 g/mol. The van der Waals surface area contributed by atoms with Gasteiger partial charge in [-0.2, -0.15) is 0 Å². The zero-order chi connectivity index (χ0) is 25.0. The van der Waals surface area contributed by atoms with E-state index in [1.54, 1.807) is 0 Å². The molecule has 2 N–H and O–H groups in total. The molecule has 0 bridgehead atoms. The number of hydrogen-bond acceptors (Lipinski definition) is 6. The molecule has 0 saturated carbocycles. The minimum absolute atomic E-state index is 0.138. The molecule has 34 heavy (non-hydrogen) atoms. The van der Waals surface area contributed by atoms with Crippen molar-refractivity contribution in [2.24, 2.45) is 0 Å². The highest BCUT2D eigenvalue weighted by Crippen LogP contribution is 2.42. The first-order valence-corrected chi connectivity index (χ1v) is 12.0. The Balaban J connectivity index is 1.98. The molecule has 2 aliphatic heterocycles. The summed E-state index contributed by atoms with van der Waals surface area (Å²) >= 11 is 0. The van der Waals surface area contributed by atoms with Crippen LogP contribution in [0.4, 0.5) is 5.69 Å². The average Bonchev–Trinajstić information content (AvgIpc) is 2.99. The maximum absolute atomic E-state index is 12.4. The summed E-state index contributed by atoms with van der Waals surface area (Å²) in [4.78, 5) is 12.4. The van der Waals surface area contributed by atoms with Crippen molar-refractivity contribution in [2.75, 3.05) is 19.5 Å². The lowest BCUT2D eigenvalue weighted by molar-refractivity contribution is -0.139. The summed E-state index contributed by atoms with van der Waals surface area (Å²) in [5, 5.41) is 0. The van der Waals surface area contributed by atoms with Crippen molar-refractivity contribution >= 4 is 24.2 Å². The van der Waals surface area contributed by atoms with E-state index in [1.807, 2.05) is 47.6 Å². The van der Waals surface area contributed by atoms with Crippen molar-refractivity contribution in [3.05, 3.63) is 39.9 Å². The van der Waals surface area contributed by atoms with Crippen molar-refractivity contribution in [3.8, 4) is 16.9 Å². The number of ether oxygens (including phenoxy) is 2. The van der Waals surface area contributed by atoms with E-state index in [9.17, 15) is 4.79 Å². The first-order chi connectivity index (χ1) is 15.9. The van der Waals surface area contributed by atoms with Crippen molar-refractivity contribution < 1.29 is 23.6 Å². The lowest BCUT2D eigenvalue weighted by Gasteiger charge is -2.32. The van der Waals surface area contributed by atoms with Crippen LogP contribution in [0.15, 0.2) is 12.1 Å². The van der Waals surface area contributed by atoms with Gasteiger partial charge in [0.05, 0.1) is 31.3 Å². The number of fused-ring (bicyclic) bond motifs is 1. The van der Waals surface area contributed by atoms with Gasteiger partial charge in [0.25, 0.3) is 0 Å². The first kappa shape index (κ1) is 24.6. The SMILES string of the molecule is COC(=O)Cc1c(C)c(N)c(B2OC(C)(C)C(C)(C)O2)c(C)c1-c1ccc2c(c1C)CCCO2. The van der Waals surface area contributed by atoms with Crippen LogP contribution in [0.3, 0.4) is 0 Å². The average molecular weight is 465 g/mol. The van der Waals surface area contributed by atoms with Crippen molar-refractivity contribution in [1.82, 2.24) is 0 Å². The van der Waals surface area contributed by atoms with E-state index in [4.69, 9.17) is 24.5 Å². The zero-order valence-corrected chi connectivity index (χ0v) is 21.7. The summed E-state index contributed by atoms with van der Waals surface area (Å²) in [6.45, 7) is 15.0. The number of methoxy groups -OCH3 is 1. The number of nitrogens with two attached hydrogens (primary N) is 1. The highest BCUT2D eigenvalue weighted by atomic mass is 16.7. The Morgan fingerprint density at radius 2 is 1.71 bits per heavy atom. The van der Waals surface area contributed by atoms with Crippen LogP contribution in [-0.2, 0) is 31.7 Å². The maximum atomic E-state index is 12.4. The summed E-state index contributed by atoms with van der Waals surface area (Å²) in [5.74, 6) is 0.642. The summed E-state index contributed by atoms with van der Waals surface area (Å²) in [7, 11) is 0.809. The molecule has 0 unspecified atom stereocenters. The van der Waals surface area contributed by atoms with E-state index in [-0.39, 0.29) is 12.4 Å². The predicted molar refractivity (Wildman–Crippen MR) is 136 cm³/mol. The molecule has 2 aliphatic rings. The van der Waals surface area contributed by atoms with E-state index < -0.39 is 18.3 Å². The Morgan fingerprint density at radius 3 is 2.32 bits per heavy atom. The van der Waals surface area contributed by atoms with E-state index in [2.05, 4.69) is 13.0 Å². The summed E-state index contributed by atoms with van der Waals surface area (Å²) < 4.78 is 23.7. The van der Waals surface area contributed by atoms with Gasteiger partial charge in [-0.25, -0.2) is 0 Å². The molecule has 4 rings (SSSR count). The molecule has 0 aliphatic carbocycles. The molecule has 1 saturated heterocycles. The lowest BCUT2D eigenvalue weighted by atomic mass is 9.70. The van der Waals surface area contributed by atoms with Crippen LogP contribution < -0.4 is 15.9 Å². The fourth-order valence-corrected chi connectivity index (χ4v) is 5.06. The topological polar surface area (TPSA) is 80.0 Å². The predicted octanol–water partition coefficient (Wildman–Crippen LogP) is 4.20. The fraction of sp³-hybridized carbons (Fsp3) is 0.519. The van der Waals surface area contributed by atoms with E-state index in [0.717, 1.165) is 64.0 Å². The Labute approximate surface area is 203 Å². The Bertz CT molecular complexity index is 1140. The molecule has 0 aromatic heterocycles. The zero-order valence-electron chi connectivity index (χ0n) is 21.7. The molecule has 6 nitrogen and oxygen atoms in total. The van der Waals surface area contributed by atoms with Crippen LogP contribution >= 0.6 is 0 Å². The molecule has 2 heterocycles. The van der Waals surface area contributed by atoms with Gasteiger partial charge in [0.2, 0.25) is 0 Å². The molecule has 0 spiro atoms. The van der Waals surface area contributed by atoms with Crippen molar-refractivity contribution in [2.45, 2.75) is 78.9 Å². The Kier molecular flexibility index (Phi) is 6.24. The molecule has 0 amide bonds. The third-order valence-electron chi connectivity index (χ3n) is 7.92. The third-order valence-corrected chi connectivity index (χ3v) is 7.92. The van der Waals surface area contributed by atoms with Crippen molar-refractivity contribution in [1.29, 1.82) is 0 Å². The number of carbonyl (C=O) groups is 1. The molecule has 0 atom stereocenters. The summed E-state index contributed by atoms with van der Waals surface area (Å²) in [5.41, 5.74) is 14.3. The highest BCUT2D eigenvalue weighted by Gasteiger charge is 2.53. The van der Waals surface area contributed by atoms with Crippen LogP contribution in [0, 0.1) is 20.8 Å². The largest absolute Gasteiger partial charge is 0.497 e. The number of nitrogen functional groups attached to an aromatic ring is 1. The molecule has 7 heteroatoms. The smallest absolute Gasteiger partial charge is 0.493 e. The van der Waals surface area contributed by atoms with Gasteiger partial charge in [-0.3, -0.25) is 4.79 Å². The molecular formula is C27H36BNO5. The van der Waals surface area contributed by atoms with Gasteiger partial charge in [0.15, 0.2) is 0 Å². The van der Waals surface area contributed by atoms with E-state index in [1.165, 1.54) is 12.7 Å². The number of esters is 1. The Hall–Kier alpha value is -2.51. The van der Waals surface area contributed by atoms with Gasteiger partial charge in [-0.15, -0.1) is 0 Å². The maximum Gasteiger partial charge on any atom is 0.497 e. The second kappa shape index (κ2) is 8.61. The molecule has 1 fully saturated rings. The number of hydrogen-bond donors (Lipinski definition) is 1. The minimum Gasteiger partial charge on any atom is -0.493 e. The van der Waals surface area contributed by atoms with Crippen LogP contribution in [0.2, 0.25) is 0 Å². The van der Waals surface area contributed by atoms with Gasteiger partial charge >= 0.3 is 13.1 Å². The Morgan fingerprint density at radius 1 is 1.06 bits per heavy atom. The number of carbonyl (C=O) groups excluding carboxylic acids is 1. The van der Waals surface area contributed by atoms with Gasteiger partial charge in [0.1, 0.15) is 5.75 Å². The van der Waals surface area contributed by atoms with E-state index in [0.29, 0.717) is 5.69 Å². The van der Waals surface area contributed by atoms with Gasteiger partial charge < -0.3 is 24.5 Å². The van der Waals surface area contributed by atoms with Gasteiger partial charge in [-0.1, -0.05) is 6.07 Å². The first-order valence-electron chi connectivity index (χ1n) is 12.0. The third kappa shape index (κ3) is 3.89. The molecule has 0 radical (unpaired) electrons. The van der Waals surface area contributed by atoms with Crippen molar-refractivity contribution in [3.63, 3.8) is 0 Å². The van der Waals surface area contributed by atoms with Crippen LogP contribution in [0.25, 0.3) is 11.1 Å². The lowest BCUT2D eigenvalue weighted by Crippen LogP contribution is -2.41. The van der Waals surface area contributed by atoms with Crippen LogP contribution in [0.1, 0.15) is 61.9 Å². The fourth-order valence-electron chi connectivity index (χ4n) is 5.06. The quantitative estimate of drug-likeness (QED) is 0.414. The normalized spacial score (nSPS) is 18.4. The molecule has 182 valence electrons. The van der Waals surface area contributed by atoms with Crippen LogP contribution in [0.5, 0.6) is 5.75 Å². The standard InChI is InChI=1S/C27H36BNO5/c1-15-18-10-9-13-32-21(18)12-11-19(15)23-17(3)24(28-33-26(4,5)27(6,7)34-28)25(29)16(2)20(23)14-22(30)31-8/h11-12H,9-10,13-14,29H2,1-8H3. The highest BCUT2D eigenvalue weighted by molar-refractivity contribution is 6.64. The van der Waals surface area contributed by atoms with Gasteiger partial charge in [-0.05, 0) is 106 Å². The second-order valence-corrected chi connectivity index (χ2v) is 10.4. The number of rotatable bonds is 4. The monoisotopic (exact) mass is 465 g/mol. The second-order valence-electron chi connectivity index (χ2n) is 10.4. The minimum atomic E-state index is -0.601. The number of anilines is 1. The van der Waals surface area contributed by atoms with Gasteiger partial charge in [0, 0.05) is 11.2 Å². The number of benzene rings is 2. The van der Waals surface area contributed by atoms with E-state index >= 15 is 0 Å². The summed E-state index contributed by atoms with van der Waals surface area (Å²) in [6, 6.07) is 4.13.